The highest BCUT2D eigenvalue weighted by atomic mass is 79.9. The van der Waals surface area contributed by atoms with Crippen molar-refractivity contribution in [3.63, 3.8) is 0 Å². The molecular weight excluding hydrogens is 290 g/mol. The van der Waals surface area contributed by atoms with Crippen LogP contribution in [0.5, 0.6) is 0 Å². The molecule has 0 aliphatic carbocycles. The molecule has 0 spiro atoms. The third kappa shape index (κ3) is 2.58. The first-order chi connectivity index (χ1) is 8.49. The molecule has 0 radical (unpaired) electrons. The van der Waals surface area contributed by atoms with Crippen molar-refractivity contribution < 1.29 is 0 Å². The van der Waals surface area contributed by atoms with Gasteiger partial charge in [0.2, 0.25) is 5.95 Å². The summed E-state index contributed by atoms with van der Waals surface area (Å²) in [7, 11) is 0. The van der Waals surface area contributed by atoms with Gasteiger partial charge in [-0.2, -0.15) is 0 Å². The van der Waals surface area contributed by atoms with Gasteiger partial charge in [-0.15, -0.1) is 0 Å². The Labute approximate surface area is 116 Å². The van der Waals surface area contributed by atoms with E-state index in [1.165, 1.54) is 5.56 Å². The van der Waals surface area contributed by atoms with E-state index in [9.17, 15) is 0 Å². The number of hydrogen-bond donors (Lipinski definition) is 1. The van der Waals surface area contributed by atoms with Crippen LogP contribution in [-0.4, -0.2) is 15.6 Å². The van der Waals surface area contributed by atoms with Crippen LogP contribution in [0.25, 0.3) is 5.69 Å². The SMILES string of the molecule is Cc1cn(-c2cccc(Br)c2C)c(NC(C)C)n1. The number of hydrogen-bond acceptors (Lipinski definition) is 2. The smallest absolute Gasteiger partial charge is 0.207 e. The van der Waals surface area contributed by atoms with Crippen molar-refractivity contribution in [3.8, 4) is 5.69 Å². The van der Waals surface area contributed by atoms with E-state index in [2.05, 4.69) is 69.9 Å². The fraction of sp³-hybridized carbons (Fsp3) is 0.357. The van der Waals surface area contributed by atoms with Gasteiger partial charge in [0.25, 0.3) is 0 Å². The summed E-state index contributed by atoms with van der Waals surface area (Å²) in [5.41, 5.74) is 3.37. The molecule has 0 aliphatic heterocycles. The third-order valence-corrected chi connectivity index (χ3v) is 3.60. The Bertz CT molecular complexity index is 558. The van der Waals surface area contributed by atoms with Crippen LogP contribution in [-0.2, 0) is 0 Å². The monoisotopic (exact) mass is 307 g/mol. The Kier molecular flexibility index (Phi) is 3.76. The van der Waals surface area contributed by atoms with Crippen LogP contribution >= 0.6 is 15.9 Å². The van der Waals surface area contributed by atoms with Crippen LogP contribution < -0.4 is 5.32 Å². The Morgan fingerprint density at radius 3 is 2.67 bits per heavy atom. The average molecular weight is 308 g/mol. The van der Waals surface area contributed by atoms with Gasteiger partial charge in [0, 0.05) is 16.7 Å². The van der Waals surface area contributed by atoms with Crippen LogP contribution in [0.2, 0.25) is 0 Å². The molecule has 96 valence electrons. The van der Waals surface area contributed by atoms with E-state index in [1.807, 2.05) is 13.0 Å². The molecule has 1 aromatic heterocycles. The van der Waals surface area contributed by atoms with Crippen molar-refractivity contribution in [2.75, 3.05) is 5.32 Å². The minimum Gasteiger partial charge on any atom is -0.353 e. The summed E-state index contributed by atoms with van der Waals surface area (Å²) >= 11 is 3.57. The Balaban J connectivity index is 2.53. The molecule has 2 aromatic rings. The molecule has 1 heterocycles. The molecule has 3 nitrogen and oxygen atoms in total. The highest BCUT2D eigenvalue weighted by molar-refractivity contribution is 9.10. The van der Waals surface area contributed by atoms with Crippen LogP contribution in [0.15, 0.2) is 28.9 Å². The summed E-state index contributed by atoms with van der Waals surface area (Å²) in [4.78, 5) is 4.53. The zero-order valence-corrected chi connectivity index (χ0v) is 12.7. The molecule has 0 amide bonds. The van der Waals surface area contributed by atoms with E-state index < -0.39 is 0 Å². The van der Waals surface area contributed by atoms with E-state index >= 15 is 0 Å². The summed E-state index contributed by atoms with van der Waals surface area (Å²) in [5.74, 6) is 0.892. The lowest BCUT2D eigenvalue weighted by atomic mass is 10.2. The number of nitrogens with one attached hydrogen (secondary N) is 1. The Hall–Kier alpha value is -1.29. The first-order valence-corrected chi connectivity index (χ1v) is 6.86. The van der Waals surface area contributed by atoms with E-state index in [4.69, 9.17) is 0 Å². The van der Waals surface area contributed by atoms with Gasteiger partial charge in [0.05, 0.1) is 11.4 Å². The minimum absolute atomic E-state index is 0.359. The quantitative estimate of drug-likeness (QED) is 0.926. The fourth-order valence-electron chi connectivity index (χ4n) is 1.90. The predicted molar refractivity (Wildman–Crippen MR) is 79.5 cm³/mol. The van der Waals surface area contributed by atoms with Gasteiger partial charge in [-0.3, -0.25) is 4.57 Å². The van der Waals surface area contributed by atoms with Crippen molar-refractivity contribution in [1.29, 1.82) is 0 Å². The largest absolute Gasteiger partial charge is 0.353 e. The zero-order valence-electron chi connectivity index (χ0n) is 11.2. The average Bonchev–Trinajstić information content (AvgIpc) is 2.62. The van der Waals surface area contributed by atoms with Crippen molar-refractivity contribution in [2.45, 2.75) is 33.7 Å². The van der Waals surface area contributed by atoms with Crippen molar-refractivity contribution in [2.24, 2.45) is 0 Å². The maximum atomic E-state index is 4.53. The van der Waals surface area contributed by atoms with Gasteiger partial charge >= 0.3 is 0 Å². The second-order valence-electron chi connectivity index (χ2n) is 4.76. The summed E-state index contributed by atoms with van der Waals surface area (Å²) in [6, 6.07) is 6.56. The van der Waals surface area contributed by atoms with E-state index in [1.54, 1.807) is 0 Å². The molecule has 0 fully saturated rings. The predicted octanol–water partition coefficient (Wildman–Crippen LogP) is 4.07. The standard InChI is InChI=1S/C14H18BrN3/c1-9(2)16-14-17-10(3)8-18(14)13-7-5-6-12(15)11(13)4/h5-9H,1-4H3,(H,16,17). The Morgan fingerprint density at radius 1 is 1.28 bits per heavy atom. The summed E-state index contributed by atoms with van der Waals surface area (Å²) in [6.07, 6.45) is 2.06. The normalized spacial score (nSPS) is 11.0. The minimum atomic E-state index is 0.359. The number of aromatic nitrogens is 2. The van der Waals surface area contributed by atoms with E-state index in [-0.39, 0.29) is 0 Å². The highest BCUT2D eigenvalue weighted by Gasteiger charge is 2.11. The van der Waals surface area contributed by atoms with E-state index in [0.29, 0.717) is 6.04 Å². The number of anilines is 1. The number of imidazole rings is 1. The molecule has 0 saturated heterocycles. The van der Waals surface area contributed by atoms with Crippen molar-refractivity contribution >= 4 is 21.9 Å². The van der Waals surface area contributed by atoms with Crippen LogP contribution in [0.3, 0.4) is 0 Å². The van der Waals surface area contributed by atoms with E-state index in [0.717, 1.165) is 21.8 Å². The zero-order chi connectivity index (χ0) is 13.3. The highest BCUT2D eigenvalue weighted by Crippen LogP contribution is 2.25. The first kappa shape index (κ1) is 13.1. The molecule has 0 unspecified atom stereocenters. The molecule has 0 atom stereocenters. The lowest BCUT2D eigenvalue weighted by molar-refractivity contribution is 0.862. The van der Waals surface area contributed by atoms with Crippen LogP contribution in [0.1, 0.15) is 25.1 Å². The number of nitrogens with zero attached hydrogens (tertiary/aromatic N) is 2. The lowest BCUT2D eigenvalue weighted by Crippen LogP contribution is -2.14. The molecule has 4 heteroatoms. The van der Waals surface area contributed by atoms with Crippen molar-refractivity contribution in [3.05, 3.63) is 40.1 Å². The topological polar surface area (TPSA) is 29.9 Å². The number of rotatable bonds is 3. The van der Waals surface area contributed by atoms with Gasteiger partial charge in [-0.25, -0.2) is 4.98 Å². The number of benzene rings is 1. The second kappa shape index (κ2) is 5.14. The maximum Gasteiger partial charge on any atom is 0.207 e. The van der Waals surface area contributed by atoms with Gasteiger partial charge in [0.1, 0.15) is 0 Å². The van der Waals surface area contributed by atoms with Gasteiger partial charge in [-0.05, 0) is 45.4 Å². The molecule has 0 saturated carbocycles. The molecule has 18 heavy (non-hydrogen) atoms. The first-order valence-electron chi connectivity index (χ1n) is 6.07. The van der Waals surface area contributed by atoms with Crippen LogP contribution in [0, 0.1) is 13.8 Å². The van der Waals surface area contributed by atoms with Gasteiger partial charge in [0.15, 0.2) is 0 Å². The maximum absolute atomic E-state index is 4.53. The molecule has 1 aromatic carbocycles. The van der Waals surface area contributed by atoms with Crippen LogP contribution in [0.4, 0.5) is 5.95 Å². The summed E-state index contributed by atoms with van der Waals surface area (Å²) in [5, 5.41) is 3.38. The number of halogens is 1. The summed E-state index contributed by atoms with van der Waals surface area (Å²) in [6.45, 7) is 8.34. The fourth-order valence-corrected chi connectivity index (χ4v) is 2.25. The molecule has 0 bridgehead atoms. The molecular formula is C14H18BrN3. The van der Waals surface area contributed by atoms with Gasteiger partial charge < -0.3 is 5.32 Å². The number of aryl methyl sites for hydroxylation is 1. The van der Waals surface area contributed by atoms with Gasteiger partial charge in [-0.1, -0.05) is 22.0 Å². The Morgan fingerprint density at radius 2 is 2.00 bits per heavy atom. The summed E-state index contributed by atoms with van der Waals surface area (Å²) < 4.78 is 3.22. The van der Waals surface area contributed by atoms with Crippen molar-refractivity contribution in [1.82, 2.24) is 9.55 Å². The molecule has 1 N–H and O–H groups in total. The molecule has 0 aliphatic rings. The molecule has 2 rings (SSSR count). The third-order valence-electron chi connectivity index (χ3n) is 2.74. The lowest BCUT2D eigenvalue weighted by Gasteiger charge is -2.14. The second-order valence-corrected chi connectivity index (χ2v) is 5.61.